The first kappa shape index (κ1) is 15.5. The van der Waals surface area contributed by atoms with E-state index in [4.69, 9.17) is 9.47 Å². The molecule has 0 unspecified atom stereocenters. The Hall–Kier alpha value is -3.42. The highest BCUT2D eigenvalue weighted by molar-refractivity contribution is 5.88. The maximum absolute atomic E-state index is 11.8. The summed E-state index contributed by atoms with van der Waals surface area (Å²) < 4.78 is 10.3. The highest BCUT2D eigenvalue weighted by Gasteiger charge is 2.22. The van der Waals surface area contributed by atoms with Crippen molar-refractivity contribution in [2.24, 2.45) is 5.10 Å². The van der Waals surface area contributed by atoms with Crippen LogP contribution in [0.2, 0.25) is 0 Å². The lowest BCUT2D eigenvalue weighted by molar-refractivity contribution is -0.385. The summed E-state index contributed by atoms with van der Waals surface area (Å²) in [6, 6.07) is 11.9. The van der Waals surface area contributed by atoms with Gasteiger partial charge < -0.3 is 9.47 Å². The Kier molecular flexibility index (Phi) is 4.37. The topological polar surface area (TPSA) is 103 Å². The van der Waals surface area contributed by atoms with Crippen LogP contribution in [0.25, 0.3) is 0 Å². The molecule has 122 valence electrons. The molecule has 1 amide bonds. The van der Waals surface area contributed by atoms with Gasteiger partial charge in [0.1, 0.15) is 0 Å². The molecule has 0 aromatic heterocycles. The monoisotopic (exact) mass is 327 g/mol. The fraction of sp³-hybridized carbons (Fsp3) is 0.125. The molecular weight excluding hydrogens is 314 g/mol. The van der Waals surface area contributed by atoms with E-state index in [0.717, 1.165) is 5.56 Å². The molecule has 8 heteroatoms. The van der Waals surface area contributed by atoms with Crippen LogP contribution < -0.4 is 14.9 Å². The van der Waals surface area contributed by atoms with Crippen LogP contribution in [0.3, 0.4) is 0 Å². The molecule has 2 aromatic carbocycles. The summed E-state index contributed by atoms with van der Waals surface area (Å²) in [5.74, 6) is 0.394. The second kappa shape index (κ2) is 6.78. The van der Waals surface area contributed by atoms with Crippen LogP contribution in [0.5, 0.6) is 11.5 Å². The van der Waals surface area contributed by atoms with Crippen molar-refractivity contribution in [2.75, 3.05) is 6.79 Å². The van der Waals surface area contributed by atoms with Crippen LogP contribution in [-0.4, -0.2) is 23.8 Å². The van der Waals surface area contributed by atoms with Gasteiger partial charge in [0.25, 0.3) is 5.69 Å². The van der Waals surface area contributed by atoms with E-state index in [1.54, 1.807) is 0 Å². The second-order valence-electron chi connectivity index (χ2n) is 4.98. The van der Waals surface area contributed by atoms with E-state index in [0.29, 0.717) is 11.5 Å². The van der Waals surface area contributed by atoms with Gasteiger partial charge in [-0.2, -0.15) is 5.10 Å². The largest absolute Gasteiger partial charge is 0.454 e. The lowest BCUT2D eigenvalue weighted by Gasteiger charge is -2.02. The van der Waals surface area contributed by atoms with Gasteiger partial charge in [-0.05, 0) is 11.6 Å². The number of benzene rings is 2. The molecule has 1 N–H and O–H groups in total. The van der Waals surface area contributed by atoms with Crippen molar-refractivity contribution in [2.45, 2.75) is 6.42 Å². The second-order valence-corrected chi connectivity index (χ2v) is 4.98. The smallest absolute Gasteiger partial charge is 0.282 e. The van der Waals surface area contributed by atoms with Crippen molar-refractivity contribution in [1.29, 1.82) is 0 Å². The van der Waals surface area contributed by atoms with E-state index in [9.17, 15) is 14.9 Å². The Morgan fingerprint density at radius 2 is 1.96 bits per heavy atom. The minimum atomic E-state index is -0.547. The summed E-state index contributed by atoms with van der Waals surface area (Å²) in [5, 5.41) is 14.9. The van der Waals surface area contributed by atoms with Crippen molar-refractivity contribution in [1.82, 2.24) is 5.43 Å². The normalized spacial score (nSPS) is 12.3. The Morgan fingerprint density at radius 1 is 1.25 bits per heavy atom. The Bertz CT molecular complexity index is 805. The van der Waals surface area contributed by atoms with Crippen molar-refractivity contribution >= 4 is 17.8 Å². The Balaban J connectivity index is 1.70. The molecule has 0 aliphatic carbocycles. The van der Waals surface area contributed by atoms with Crippen LogP contribution in [0.15, 0.2) is 47.6 Å². The average molecular weight is 327 g/mol. The van der Waals surface area contributed by atoms with Gasteiger partial charge in [0.15, 0.2) is 11.5 Å². The minimum absolute atomic E-state index is 0.0148. The number of carbonyl (C=O) groups excluding carboxylic acids is 1. The number of hydrogen-bond donors (Lipinski definition) is 1. The molecule has 0 fully saturated rings. The lowest BCUT2D eigenvalue weighted by atomic mass is 10.1. The molecule has 2 aromatic rings. The Morgan fingerprint density at radius 3 is 2.67 bits per heavy atom. The van der Waals surface area contributed by atoms with E-state index in [2.05, 4.69) is 10.5 Å². The van der Waals surface area contributed by atoms with E-state index in [1.807, 2.05) is 30.3 Å². The zero-order chi connectivity index (χ0) is 16.9. The molecule has 0 spiro atoms. The first-order chi connectivity index (χ1) is 11.6. The molecule has 0 saturated heterocycles. The SMILES string of the molecule is O=C(Cc1ccccc1)NN=Cc1cc2c(cc1[N+](=O)[O-])OCO2. The van der Waals surface area contributed by atoms with Crippen molar-refractivity contribution < 1.29 is 19.2 Å². The van der Waals surface area contributed by atoms with Gasteiger partial charge in [0.2, 0.25) is 12.7 Å². The fourth-order valence-electron chi connectivity index (χ4n) is 2.20. The van der Waals surface area contributed by atoms with Gasteiger partial charge in [-0.1, -0.05) is 30.3 Å². The number of nitro benzene ring substituents is 1. The number of amides is 1. The summed E-state index contributed by atoms with van der Waals surface area (Å²) in [6.07, 6.45) is 1.38. The van der Waals surface area contributed by atoms with E-state index in [-0.39, 0.29) is 30.4 Å². The number of rotatable bonds is 5. The van der Waals surface area contributed by atoms with E-state index >= 15 is 0 Å². The first-order valence-electron chi connectivity index (χ1n) is 7.07. The number of carbonyl (C=O) groups is 1. The third kappa shape index (κ3) is 3.49. The van der Waals surface area contributed by atoms with E-state index < -0.39 is 4.92 Å². The lowest BCUT2D eigenvalue weighted by Crippen LogP contribution is -2.19. The standard InChI is InChI=1S/C16H13N3O5/c20-16(6-11-4-2-1-3-5-11)18-17-9-12-7-14-15(24-10-23-14)8-13(12)19(21)22/h1-5,7-9H,6,10H2,(H,18,20). The Labute approximate surface area is 136 Å². The van der Waals surface area contributed by atoms with Crippen LogP contribution >= 0.6 is 0 Å². The molecule has 0 atom stereocenters. The van der Waals surface area contributed by atoms with E-state index in [1.165, 1.54) is 18.3 Å². The van der Waals surface area contributed by atoms with Crippen LogP contribution in [-0.2, 0) is 11.2 Å². The highest BCUT2D eigenvalue weighted by atomic mass is 16.7. The maximum atomic E-state index is 11.8. The van der Waals surface area contributed by atoms with Gasteiger partial charge in [-0.3, -0.25) is 14.9 Å². The summed E-state index contributed by atoms with van der Waals surface area (Å²) in [5.41, 5.74) is 3.23. The number of hydrazone groups is 1. The summed E-state index contributed by atoms with van der Waals surface area (Å²) >= 11 is 0. The van der Waals surface area contributed by atoms with Gasteiger partial charge in [0, 0.05) is 0 Å². The number of hydrogen-bond acceptors (Lipinski definition) is 6. The third-order valence-corrected chi connectivity index (χ3v) is 3.32. The summed E-state index contributed by atoms with van der Waals surface area (Å²) in [6.45, 7) is 0.0148. The number of ether oxygens (including phenoxy) is 2. The summed E-state index contributed by atoms with van der Waals surface area (Å²) in [4.78, 5) is 22.4. The molecule has 0 radical (unpaired) electrons. The minimum Gasteiger partial charge on any atom is -0.454 e. The maximum Gasteiger partial charge on any atom is 0.282 e. The molecule has 24 heavy (non-hydrogen) atoms. The third-order valence-electron chi connectivity index (χ3n) is 3.32. The highest BCUT2D eigenvalue weighted by Crippen LogP contribution is 2.37. The molecule has 1 aliphatic heterocycles. The van der Waals surface area contributed by atoms with Crippen LogP contribution in [0, 0.1) is 10.1 Å². The zero-order valence-electron chi connectivity index (χ0n) is 12.5. The van der Waals surface area contributed by atoms with Crippen molar-refractivity contribution in [3.8, 4) is 11.5 Å². The van der Waals surface area contributed by atoms with Crippen molar-refractivity contribution in [3.63, 3.8) is 0 Å². The molecule has 0 bridgehead atoms. The number of fused-ring (bicyclic) bond motifs is 1. The summed E-state index contributed by atoms with van der Waals surface area (Å²) in [7, 11) is 0. The quantitative estimate of drug-likeness (QED) is 0.514. The molecule has 3 rings (SSSR count). The number of nitro groups is 1. The van der Waals surface area contributed by atoms with Gasteiger partial charge in [-0.25, -0.2) is 5.43 Å². The molecule has 1 heterocycles. The van der Waals surface area contributed by atoms with Gasteiger partial charge in [-0.15, -0.1) is 0 Å². The van der Waals surface area contributed by atoms with Gasteiger partial charge >= 0.3 is 0 Å². The van der Waals surface area contributed by atoms with Crippen LogP contribution in [0.1, 0.15) is 11.1 Å². The van der Waals surface area contributed by atoms with Crippen molar-refractivity contribution in [3.05, 3.63) is 63.7 Å². The zero-order valence-corrected chi connectivity index (χ0v) is 12.5. The molecule has 8 nitrogen and oxygen atoms in total. The van der Waals surface area contributed by atoms with Gasteiger partial charge in [0.05, 0.1) is 29.2 Å². The number of nitrogens with one attached hydrogen (secondary N) is 1. The predicted octanol–water partition coefficient (Wildman–Crippen LogP) is 2.02. The first-order valence-corrected chi connectivity index (χ1v) is 7.07. The van der Waals surface area contributed by atoms with Crippen LogP contribution in [0.4, 0.5) is 5.69 Å². The number of nitrogens with zero attached hydrogens (tertiary/aromatic N) is 2. The molecular formula is C16H13N3O5. The average Bonchev–Trinajstić information content (AvgIpc) is 3.02. The molecule has 0 saturated carbocycles. The predicted molar refractivity (Wildman–Crippen MR) is 85.1 cm³/mol. The molecule has 1 aliphatic rings. The fourth-order valence-corrected chi connectivity index (χ4v) is 2.20.